The Kier molecular flexibility index (Phi) is 5.51. The van der Waals surface area contributed by atoms with Crippen LogP contribution < -0.4 is 5.32 Å². The van der Waals surface area contributed by atoms with Gasteiger partial charge in [-0.05, 0) is 6.42 Å². The summed E-state index contributed by atoms with van der Waals surface area (Å²) in [6, 6.07) is 0.365. The van der Waals surface area contributed by atoms with Gasteiger partial charge in [0.25, 0.3) is 5.91 Å². The fourth-order valence-electron chi connectivity index (χ4n) is 2.13. The van der Waals surface area contributed by atoms with Crippen molar-refractivity contribution < 1.29 is 32.3 Å². The second-order valence-corrected chi connectivity index (χ2v) is 6.00. The Morgan fingerprint density at radius 1 is 1.40 bits per heavy atom. The van der Waals surface area contributed by atoms with Crippen LogP contribution in [0, 0.1) is 0 Å². The molecule has 1 amide bonds. The van der Waals surface area contributed by atoms with E-state index in [-0.39, 0.29) is 28.5 Å². The number of amides is 1. The lowest BCUT2D eigenvalue weighted by molar-refractivity contribution is -0.140. The third-order valence-electron chi connectivity index (χ3n) is 3.41. The number of carbonyl (C=O) groups excluding carboxylic acids is 1. The van der Waals surface area contributed by atoms with Crippen molar-refractivity contribution in [3.05, 3.63) is 39.2 Å². The molecule has 0 spiro atoms. The van der Waals surface area contributed by atoms with Crippen LogP contribution in [0.3, 0.4) is 0 Å². The van der Waals surface area contributed by atoms with Gasteiger partial charge in [0.15, 0.2) is 11.5 Å². The third kappa shape index (κ3) is 4.19. The lowest BCUT2D eigenvalue weighted by atomic mass is 10.2. The second-order valence-electron chi connectivity index (χ2n) is 5.11. The molecule has 2 rings (SSSR count). The predicted octanol–water partition coefficient (Wildman–Crippen LogP) is 3.90. The smallest absolute Gasteiger partial charge is 0.434 e. The monoisotopic (exact) mass is 376 g/mol. The minimum absolute atomic E-state index is 0.115. The average molecular weight is 376 g/mol. The minimum atomic E-state index is -4.55. The van der Waals surface area contributed by atoms with E-state index in [0.29, 0.717) is 6.42 Å². The van der Waals surface area contributed by atoms with Crippen LogP contribution in [-0.2, 0) is 12.6 Å². The van der Waals surface area contributed by atoms with Crippen LogP contribution in [-0.4, -0.2) is 22.0 Å². The number of halogens is 3. The van der Waals surface area contributed by atoms with Gasteiger partial charge in [-0.1, -0.05) is 13.8 Å². The highest BCUT2D eigenvalue weighted by atomic mass is 32.1. The number of furan rings is 1. The molecule has 0 fully saturated rings. The zero-order valence-corrected chi connectivity index (χ0v) is 14.1. The first-order valence-electron chi connectivity index (χ1n) is 7.36. The maximum absolute atomic E-state index is 12.6. The lowest BCUT2D eigenvalue weighted by Crippen LogP contribution is -2.28. The molecular formula is C15H15F3N2O4S. The van der Waals surface area contributed by atoms with Crippen molar-refractivity contribution in [2.24, 2.45) is 0 Å². The van der Waals surface area contributed by atoms with Gasteiger partial charge in [-0.3, -0.25) is 4.79 Å². The number of aromatic nitrogens is 1. The number of thiazole rings is 1. The number of nitrogens with zero attached hydrogens (tertiary/aromatic N) is 1. The van der Waals surface area contributed by atoms with Gasteiger partial charge < -0.3 is 14.8 Å². The number of alkyl halides is 3. The van der Waals surface area contributed by atoms with E-state index in [2.05, 4.69) is 10.3 Å². The fraction of sp³-hybridized carbons (Fsp3) is 0.400. The van der Waals surface area contributed by atoms with E-state index in [9.17, 15) is 22.8 Å². The largest absolute Gasteiger partial charge is 0.478 e. The summed E-state index contributed by atoms with van der Waals surface area (Å²) in [6.45, 7) is 3.36. The molecule has 0 saturated carbocycles. The molecule has 25 heavy (non-hydrogen) atoms. The zero-order chi connectivity index (χ0) is 18.8. The van der Waals surface area contributed by atoms with Gasteiger partial charge in [0.1, 0.15) is 16.3 Å². The predicted molar refractivity (Wildman–Crippen MR) is 82.7 cm³/mol. The fourth-order valence-corrected chi connectivity index (χ4v) is 3.09. The van der Waals surface area contributed by atoms with Gasteiger partial charge in [0.2, 0.25) is 0 Å². The number of aromatic carboxylic acids is 1. The van der Waals surface area contributed by atoms with Gasteiger partial charge in [-0.25, -0.2) is 9.78 Å². The molecule has 2 aromatic rings. The summed E-state index contributed by atoms with van der Waals surface area (Å²) in [4.78, 5) is 26.9. The summed E-state index contributed by atoms with van der Waals surface area (Å²) in [6.07, 6.45) is -3.96. The zero-order valence-electron chi connectivity index (χ0n) is 13.3. The van der Waals surface area contributed by atoms with E-state index in [1.165, 1.54) is 0 Å². The number of nitrogens with one attached hydrogen (secondary N) is 1. The molecule has 1 atom stereocenters. The number of rotatable bonds is 6. The van der Waals surface area contributed by atoms with Gasteiger partial charge >= 0.3 is 12.1 Å². The molecule has 0 radical (unpaired) electrons. The van der Waals surface area contributed by atoms with Crippen molar-refractivity contribution in [2.75, 3.05) is 0 Å². The first-order chi connectivity index (χ1) is 11.7. The summed E-state index contributed by atoms with van der Waals surface area (Å²) in [5.41, 5.74) is -1.13. The number of carboxylic acids is 1. The van der Waals surface area contributed by atoms with Crippen molar-refractivity contribution in [2.45, 2.75) is 38.9 Å². The van der Waals surface area contributed by atoms with E-state index >= 15 is 0 Å². The normalized spacial score (nSPS) is 12.8. The van der Waals surface area contributed by atoms with Crippen LogP contribution in [0.2, 0.25) is 0 Å². The van der Waals surface area contributed by atoms with E-state index in [1.54, 1.807) is 13.8 Å². The molecular weight excluding hydrogens is 361 g/mol. The van der Waals surface area contributed by atoms with E-state index in [1.807, 2.05) is 0 Å². The van der Waals surface area contributed by atoms with Crippen molar-refractivity contribution in [1.29, 1.82) is 0 Å². The first-order valence-corrected chi connectivity index (χ1v) is 8.24. The topological polar surface area (TPSA) is 92.4 Å². The molecule has 6 nitrogen and oxygen atoms in total. The maximum Gasteiger partial charge on any atom is 0.434 e. The second kappa shape index (κ2) is 7.26. The number of carboxylic acid groups (broad SMARTS) is 1. The van der Waals surface area contributed by atoms with Crippen LogP contribution in [0.25, 0.3) is 0 Å². The average Bonchev–Trinajstić information content (AvgIpc) is 3.18. The Bertz CT molecular complexity index is 782. The van der Waals surface area contributed by atoms with Crippen molar-refractivity contribution in [3.8, 4) is 0 Å². The Hall–Kier alpha value is -2.36. The molecule has 0 saturated heterocycles. The lowest BCUT2D eigenvalue weighted by Gasteiger charge is -2.13. The van der Waals surface area contributed by atoms with Crippen molar-refractivity contribution in [3.63, 3.8) is 0 Å². The van der Waals surface area contributed by atoms with E-state index in [4.69, 9.17) is 9.52 Å². The van der Waals surface area contributed by atoms with Gasteiger partial charge in [0, 0.05) is 17.9 Å². The summed E-state index contributed by atoms with van der Waals surface area (Å²) >= 11 is 0.793. The van der Waals surface area contributed by atoms with Crippen LogP contribution in [0.5, 0.6) is 0 Å². The Morgan fingerprint density at radius 3 is 2.52 bits per heavy atom. The maximum atomic E-state index is 12.6. The molecule has 2 N–H and O–H groups in total. The molecule has 2 aromatic heterocycles. The summed E-state index contributed by atoms with van der Waals surface area (Å²) in [5, 5.41) is 12.6. The first kappa shape index (κ1) is 19.0. The summed E-state index contributed by atoms with van der Waals surface area (Å²) in [5.74, 6) is -1.99. The Balaban J connectivity index is 2.20. The van der Waals surface area contributed by atoms with Crippen LogP contribution in [0.15, 0.2) is 15.9 Å². The standard InChI is InChI=1S/C15H15F3N2O4S/c1-3-8(13-20-11(6-25-13)15(16,17)18)19-12(21)10-5-7(14(22)23)9(4-2)24-10/h5-6,8H,3-4H2,1-2H3,(H,19,21)(H,22,23). The SMILES string of the molecule is CCc1oc(C(=O)NC(CC)c2nc(C(F)(F)F)cs2)cc1C(=O)O. The molecule has 0 bridgehead atoms. The van der Waals surface area contributed by atoms with Crippen LogP contribution >= 0.6 is 11.3 Å². The number of aryl methyl sites for hydroxylation is 1. The quantitative estimate of drug-likeness (QED) is 0.798. The summed E-state index contributed by atoms with van der Waals surface area (Å²) in [7, 11) is 0. The highest BCUT2D eigenvalue weighted by Crippen LogP contribution is 2.32. The summed E-state index contributed by atoms with van der Waals surface area (Å²) < 4.78 is 43.2. The molecule has 0 aliphatic carbocycles. The molecule has 136 valence electrons. The Morgan fingerprint density at radius 2 is 2.08 bits per heavy atom. The highest BCUT2D eigenvalue weighted by Gasteiger charge is 2.34. The van der Waals surface area contributed by atoms with Gasteiger partial charge in [-0.2, -0.15) is 13.2 Å². The molecule has 1 unspecified atom stereocenters. The van der Waals surface area contributed by atoms with Crippen molar-refractivity contribution in [1.82, 2.24) is 10.3 Å². The minimum Gasteiger partial charge on any atom is -0.478 e. The number of hydrogen-bond donors (Lipinski definition) is 2. The highest BCUT2D eigenvalue weighted by molar-refractivity contribution is 7.09. The van der Waals surface area contributed by atoms with E-state index in [0.717, 1.165) is 22.8 Å². The third-order valence-corrected chi connectivity index (χ3v) is 4.37. The molecule has 0 aliphatic rings. The van der Waals surface area contributed by atoms with E-state index < -0.39 is 29.8 Å². The van der Waals surface area contributed by atoms with Crippen molar-refractivity contribution >= 4 is 23.2 Å². The van der Waals surface area contributed by atoms with Crippen LogP contribution in [0.1, 0.15) is 63.7 Å². The molecule has 2 heterocycles. The molecule has 0 aromatic carbocycles. The number of carbonyl (C=O) groups is 2. The number of hydrogen-bond acceptors (Lipinski definition) is 5. The van der Waals surface area contributed by atoms with Gasteiger partial charge in [0.05, 0.1) is 6.04 Å². The van der Waals surface area contributed by atoms with Crippen LogP contribution in [0.4, 0.5) is 13.2 Å². The Labute approximate surface area is 144 Å². The molecule has 10 heteroatoms. The van der Waals surface area contributed by atoms with Gasteiger partial charge in [-0.15, -0.1) is 11.3 Å². The molecule has 0 aliphatic heterocycles.